The van der Waals surface area contributed by atoms with Crippen molar-refractivity contribution in [2.75, 3.05) is 13.2 Å². The summed E-state index contributed by atoms with van der Waals surface area (Å²) < 4.78 is 13.4. The Hall–Kier alpha value is -3.91. The lowest BCUT2D eigenvalue weighted by Gasteiger charge is -2.26. The fourth-order valence-electron chi connectivity index (χ4n) is 4.43. The Morgan fingerprint density at radius 3 is 2.71 bits per heavy atom. The van der Waals surface area contributed by atoms with Gasteiger partial charge in [-0.1, -0.05) is 47.7 Å². The lowest BCUT2D eigenvalue weighted by atomic mass is 9.95. The molecule has 4 aromatic rings. The summed E-state index contributed by atoms with van der Waals surface area (Å²) in [5.74, 6) is 0.124. The normalized spacial score (nSPS) is 15.7. The molecule has 178 valence electrons. The van der Waals surface area contributed by atoms with Crippen molar-refractivity contribution in [2.24, 2.45) is 4.99 Å². The van der Waals surface area contributed by atoms with E-state index in [2.05, 4.69) is 9.98 Å². The maximum Gasteiger partial charge on any atom is 0.338 e. The number of carbonyl (C=O) groups excluding carboxylic acids is 1. The van der Waals surface area contributed by atoms with Crippen molar-refractivity contribution in [1.29, 1.82) is 0 Å². The minimum Gasteiger partial charge on any atom is -0.494 e. The van der Waals surface area contributed by atoms with Crippen LogP contribution in [0.2, 0.25) is 0 Å². The molecule has 0 aliphatic carbocycles. The van der Waals surface area contributed by atoms with E-state index in [4.69, 9.17) is 9.47 Å². The summed E-state index contributed by atoms with van der Waals surface area (Å²) in [4.78, 5) is 35.3. The second-order valence-corrected chi connectivity index (χ2v) is 9.07. The van der Waals surface area contributed by atoms with Gasteiger partial charge in [0, 0.05) is 28.2 Å². The molecule has 8 heteroatoms. The number of allylic oxidation sites excluding steroid dienone is 1. The zero-order valence-corrected chi connectivity index (χ0v) is 20.5. The van der Waals surface area contributed by atoms with Crippen LogP contribution in [0, 0.1) is 0 Å². The van der Waals surface area contributed by atoms with Gasteiger partial charge in [-0.15, -0.1) is 0 Å². The molecule has 2 aromatic carbocycles. The van der Waals surface area contributed by atoms with E-state index in [0.717, 1.165) is 16.5 Å². The molecule has 0 unspecified atom stereocenters. The monoisotopic (exact) mass is 487 g/mol. The first-order valence-corrected chi connectivity index (χ1v) is 12.3. The average molecular weight is 488 g/mol. The predicted octanol–water partition coefficient (Wildman–Crippen LogP) is 3.68. The van der Waals surface area contributed by atoms with E-state index in [1.165, 1.54) is 11.3 Å². The molecule has 0 bridgehead atoms. The number of H-pyrrole nitrogens is 1. The molecular weight excluding hydrogens is 462 g/mol. The van der Waals surface area contributed by atoms with Crippen LogP contribution in [-0.2, 0) is 9.53 Å². The molecule has 35 heavy (non-hydrogen) atoms. The molecule has 0 fully saturated rings. The number of esters is 1. The second kappa shape index (κ2) is 9.38. The van der Waals surface area contributed by atoms with Crippen LogP contribution in [0.25, 0.3) is 17.0 Å². The van der Waals surface area contributed by atoms with Gasteiger partial charge in [-0.05, 0) is 39.0 Å². The third-order valence-corrected chi connectivity index (χ3v) is 6.92. The molecule has 3 heterocycles. The summed E-state index contributed by atoms with van der Waals surface area (Å²) in [7, 11) is 0. The maximum atomic E-state index is 13.8. The van der Waals surface area contributed by atoms with Crippen LogP contribution in [0.4, 0.5) is 0 Å². The Morgan fingerprint density at radius 2 is 1.91 bits per heavy atom. The smallest absolute Gasteiger partial charge is 0.338 e. The van der Waals surface area contributed by atoms with Gasteiger partial charge in [0.15, 0.2) is 4.80 Å². The Morgan fingerprint density at radius 1 is 1.14 bits per heavy atom. The van der Waals surface area contributed by atoms with Crippen molar-refractivity contribution < 1.29 is 14.3 Å². The van der Waals surface area contributed by atoms with E-state index < -0.39 is 12.0 Å². The number of nitrogens with zero attached hydrogens (tertiary/aromatic N) is 2. The third-order valence-electron chi connectivity index (χ3n) is 5.94. The van der Waals surface area contributed by atoms with Crippen LogP contribution in [0.15, 0.2) is 75.8 Å². The summed E-state index contributed by atoms with van der Waals surface area (Å²) in [5, 5.41) is 1.03. The number of para-hydroxylation sites is 2. The lowest BCUT2D eigenvalue weighted by Crippen LogP contribution is -2.40. The molecule has 0 amide bonds. The van der Waals surface area contributed by atoms with Gasteiger partial charge in [0.1, 0.15) is 11.8 Å². The maximum absolute atomic E-state index is 13.8. The van der Waals surface area contributed by atoms with E-state index >= 15 is 0 Å². The van der Waals surface area contributed by atoms with Gasteiger partial charge in [0.25, 0.3) is 5.56 Å². The first-order chi connectivity index (χ1) is 17.0. The van der Waals surface area contributed by atoms with Crippen molar-refractivity contribution in [2.45, 2.75) is 26.8 Å². The number of nitrogens with one attached hydrogen (secondary N) is 1. The number of hydrogen-bond acceptors (Lipinski definition) is 6. The van der Waals surface area contributed by atoms with Crippen LogP contribution in [0.3, 0.4) is 0 Å². The molecule has 0 saturated carbocycles. The number of hydrogen-bond donors (Lipinski definition) is 1. The zero-order chi connectivity index (χ0) is 24.5. The zero-order valence-electron chi connectivity index (χ0n) is 19.7. The predicted molar refractivity (Wildman–Crippen MR) is 136 cm³/mol. The number of carbonyl (C=O) groups is 1. The molecule has 0 radical (unpaired) electrons. The Labute approximate surface area is 205 Å². The van der Waals surface area contributed by atoms with E-state index in [-0.39, 0.29) is 12.2 Å². The third kappa shape index (κ3) is 4.00. The quantitative estimate of drug-likeness (QED) is 0.421. The van der Waals surface area contributed by atoms with Gasteiger partial charge < -0.3 is 14.5 Å². The number of ether oxygens (including phenoxy) is 2. The van der Waals surface area contributed by atoms with Crippen molar-refractivity contribution >= 4 is 34.3 Å². The largest absolute Gasteiger partial charge is 0.494 e. The molecule has 0 spiro atoms. The van der Waals surface area contributed by atoms with Gasteiger partial charge in [0.2, 0.25) is 0 Å². The second-order valence-electron chi connectivity index (χ2n) is 8.06. The van der Waals surface area contributed by atoms with Gasteiger partial charge in [-0.25, -0.2) is 9.79 Å². The Bertz CT molecular complexity index is 1640. The fraction of sp³-hybridized carbons (Fsp3) is 0.222. The first-order valence-electron chi connectivity index (χ1n) is 11.5. The number of thiazole rings is 1. The minimum absolute atomic E-state index is 0.218. The summed E-state index contributed by atoms with van der Waals surface area (Å²) in [6.45, 7) is 6.11. The molecule has 1 N–H and O–H groups in total. The molecule has 1 aliphatic heterocycles. The first kappa shape index (κ1) is 22.9. The highest BCUT2D eigenvalue weighted by Gasteiger charge is 2.35. The van der Waals surface area contributed by atoms with E-state index in [0.29, 0.717) is 38.5 Å². The summed E-state index contributed by atoms with van der Waals surface area (Å²) in [5.41, 5.74) is 3.27. The number of fused-ring (bicyclic) bond motifs is 2. The van der Waals surface area contributed by atoms with Crippen LogP contribution in [0.1, 0.15) is 37.9 Å². The van der Waals surface area contributed by atoms with Crippen LogP contribution in [-0.4, -0.2) is 28.7 Å². The Kier molecular flexibility index (Phi) is 6.13. The van der Waals surface area contributed by atoms with Crippen LogP contribution < -0.4 is 19.6 Å². The summed E-state index contributed by atoms with van der Waals surface area (Å²) in [6, 6.07) is 14.7. The lowest BCUT2D eigenvalue weighted by molar-refractivity contribution is -0.139. The number of aromatic nitrogens is 2. The van der Waals surface area contributed by atoms with Crippen molar-refractivity contribution in [3.63, 3.8) is 0 Å². The number of benzene rings is 2. The highest BCUT2D eigenvalue weighted by atomic mass is 32.1. The summed E-state index contributed by atoms with van der Waals surface area (Å²) in [6.07, 6.45) is 3.76. The van der Waals surface area contributed by atoms with Crippen LogP contribution in [0.5, 0.6) is 5.75 Å². The van der Waals surface area contributed by atoms with Gasteiger partial charge >= 0.3 is 5.97 Å². The molecule has 7 nitrogen and oxygen atoms in total. The number of rotatable bonds is 6. The van der Waals surface area contributed by atoms with Crippen LogP contribution >= 0.6 is 11.3 Å². The molecule has 1 aliphatic rings. The standard InChI is InChI=1S/C27H25N3O4S/c1-4-33-21-13-9-7-11-19(21)24-23(26(32)34-5-2)16(3)29-27-30(24)25(31)22(35-27)14-17-15-28-20-12-8-6-10-18(17)20/h6-15,24,28H,4-5H2,1-3H3/t24-/m0/s1. The highest BCUT2D eigenvalue weighted by Crippen LogP contribution is 2.35. The summed E-state index contributed by atoms with van der Waals surface area (Å²) >= 11 is 1.30. The van der Waals surface area contributed by atoms with E-state index in [1.54, 1.807) is 18.4 Å². The van der Waals surface area contributed by atoms with Crippen molar-refractivity contribution in [3.8, 4) is 5.75 Å². The van der Waals surface area contributed by atoms with Gasteiger partial charge in [-0.2, -0.15) is 0 Å². The van der Waals surface area contributed by atoms with Crippen molar-refractivity contribution in [1.82, 2.24) is 9.55 Å². The fourth-order valence-corrected chi connectivity index (χ4v) is 5.47. The molecule has 1 atom stereocenters. The van der Waals surface area contributed by atoms with E-state index in [9.17, 15) is 9.59 Å². The topological polar surface area (TPSA) is 85.7 Å². The minimum atomic E-state index is -0.710. The van der Waals surface area contributed by atoms with Gasteiger partial charge in [-0.3, -0.25) is 9.36 Å². The van der Waals surface area contributed by atoms with Crippen molar-refractivity contribution in [3.05, 3.63) is 96.8 Å². The molecule has 0 saturated heterocycles. The Balaban J connectivity index is 1.76. The number of aromatic amines is 1. The highest BCUT2D eigenvalue weighted by molar-refractivity contribution is 7.07. The molecule has 2 aromatic heterocycles. The average Bonchev–Trinajstić information content (AvgIpc) is 3.40. The SMILES string of the molecule is CCOC(=O)C1=C(C)N=c2sc(=Cc3c[nH]c4ccccc34)c(=O)n2[C@H]1c1ccccc1OCC. The van der Waals surface area contributed by atoms with Gasteiger partial charge in [0.05, 0.1) is 29.0 Å². The molecular formula is C27H25N3O4S. The van der Waals surface area contributed by atoms with E-state index in [1.807, 2.05) is 67.7 Å². The molecule has 5 rings (SSSR count).